The van der Waals surface area contributed by atoms with Crippen LogP contribution in [0.15, 0.2) is 24.3 Å². The van der Waals surface area contributed by atoms with Crippen molar-refractivity contribution >= 4 is 0 Å². The van der Waals surface area contributed by atoms with Gasteiger partial charge in [-0.05, 0) is 64.4 Å². The molecule has 21 heavy (non-hydrogen) atoms. The fourth-order valence-corrected chi connectivity index (χ4v) is 3.06. The van der Waals surface area contributed by atoms with Crippen LogP contribution in [0, 0.1) is 17.7 Å². The predicted molar refractivity (Wildman–Crippen MR) is 83.9 cm³/mol. The van der Waals surface area contributed by atoms with Gasteiger partial charge in [0, 0.05) is 12.0 Å². The molecule has 0 spiro atoms. The summed E-state index contributed by atoms with van der Waals surface area (Å²) >= 11 is 0. The van der Waals surface area contributed by atoms with E-state index in [-0.39, 0.29) is 5.82 Å². The number of hydrogen-bond donors (Lipinski definition) is 1. The molecule has 0 saturated carbocycles. The molecule has 0 bridgehead atoms. The first-order valence-corrected chi connectivity index (χ1v) is 7.93. The smallest absolute Gasteiger partial charge is 0.165 e. The Hall–Kier alpha value is -1.13. The highest BCUT2D eigenvalue weighted by molar-refractivity contribution is 5.23. The number of hydrogen-bond acceptors (Lipinski definition) is 3. The van der Waals surface area contributed by atoms with E-state index < -0.39 is 0 Å². The molecule has 2 rings (SSSR count). The first-order valence-electron chi connectivity index (χ1n) is 7.93. The Morgan fingerprint density at radius 1 is 1.29 bits per heavy atom. The van der Waals surface area contributed by atoms with E-state index in [1.807, 2.05) is 0 Å². The van der Waals surface area contributed by atoms with Crippen LogP contribution in [-0.2, 0) is 0 Å². The van der Waals surface area contributed by atoms with Gasteiger partial charge in [-0.25, -0.2) is 4.39 Å². The second-order valence-corrected chi connectivity index (χ2v) is 6.20. The molecule has 1 fully saturated rings. The van der Waals surface area contributed by atoms with Crippen molar-refractivity contribution in [2.24, 2.45) is 17.6 Å². The van der Waals surface area contributed by atoms with E-state index in [2.05, 4.69) is 18.7 Å². The fraction of sp³-hybridized carbons (Fsp3) is 0.647. The number of halogens is 1. The lowest BCUT2D eigenvalue weighted by Gasteiger charge is -2.37. The zero-order valence-corrected chi connectivity index (χ0v) is 13.1. The molecule has 1 heterocycles. The van der Waals surface area contributed by atoms with Gasteiger partial charge in [0.2, 0.25) is 0 Å². The van der Waals surface area contributed by atoms with Gasteiger partial charge >= 0.3 is 0 Å². The van der Waals surface area contributed by atoms with E-state index in [4.69, 9.17) is 10.5 Å². The van der Waals surface area contributed by atoms with Crippen molar-refractivity contribution in [3.63, 3.8) is 0 Å². The molecule has 0 aromatic heterocycles. The summed E-state index contributed by atoms with van der Waals surface area (Å²) in [5, 5.41) is 0. The minimum absolute atomic E-state index is 0.303. The molecule has 0 radical (unpaired) electrons. The second-order valence-electron chi connectivity index (χ2n) is 6.20. The Labute approximate surface area is 127 Å². The van der Waals surface area contributed by atoms with E-state index in [0.29, 0.717) is 36.8 Å². The molecule has 1 aliphatic heterocycles. The first-order chi connectivity index (χ1) is 10.1. The summed E-state index contributed by atoms with van der Waals surface area (Å²) in [6.45, 7) is 7.83. The predicted octanol–water partition coefficient (Wildman–Crippen LogP) is 2.90. The van der Waals surface area contributed by atoms with Gasteiger partial charge in [-0.1, -0.05) is 12.1 Å². The lowest BCUT2D eigenvalue weighted by molar-refractivity contribution is 0.0996. The Kier molecular flexibility index (Phi) is 6.00. The summed E-state index contributed by atoms with van der Waals surface area (Å²) in [5.41, 5.74) is 5.91. The average molecular weight is 294 g/mol. The monoisotopic (exact) mass is 294 g/mol. The van der Waals surface area contributed by atoms with Crippen LogP contribution in [0.25, 0.3) is 0 Å². The molecule has 3 nitrogen and oxygen atoms in total. The number of rotatable bonds is 6. The highest BCUT2D eigenvalue weighted by atomic mass is 19.1. The summed E-state index contributed by atoms with van der Waals surface area (Å²) in [4.78, 5) is 2.50. The summed E-state index contributed by atoms with van der Waals surface area (Å²) in [5.74, 6) is 0.911. The lowest BCUT2D eigenvalue weighted by Crippen LogP contribution is -2.42. The number of likely N-dealkylation sites (tertiary alicyclic amines) is 1. The molecule has 0 amide bonds. The maximum atomic E-state index is 13.6. The largest absolute Gasteiger partial charge is 0.490 e. The van der Waals surface area contributed by atoms with Crippen LogP contribution in [0.4, 0.5) is 4.39 Å². The molecule has 1 aliphatic rings. The van der Waals surface area contributed by atoms with E-state index in [9.17, 15) is 4.39 Å². The maximum absolute atomic E-state index is 13.6. The van der Waals surface area contributed by atoms with Gasteiger partial charge in [-0.2, -0.15) is 0 Å². The van der Waals surface area contributed by atoms with Crippen LogP contribution >= 0.6 is 0 Å². The van der Waals surface area contributed by atoms with Crippen LogP contribution < -0.4 is 10.5 Å². The van der Waals surface area contributed by atoms with Crippen molar-refractivity contribution in [3.8, 4) is 5.75 Å². The zero-order valence-electron chi connectivity index (χ0n) is 13.1. The first kappa shape index (κ1) is 16.2. The van der Waals surface area contributed by atoms with Crippen LogP contribution in [-0.4, -0.2) is 37.2 Å². The third-order valence-corrected chi connectivity index (χ3v) is 4.56. The van der Waals surface area contributed by atoms with Gasteiger partial charge in [-0.3, -0.25) is 0 Å². The molecule has 4 heteroatoms. The minimum atomic E-state index is -0.303. The normalized spacial score (nSPS) is 18.9. The molecule has 1 unspecified atom stereocenters. The molecule has 118 valence electrons. The van der Waals surface area contributed by atoms with Gasteiger partial charge in [0.1, 0.15) is 0 Å². The van der Waals surface area contributed by atoms with Gasteiger partial charge in [0.05, 0.1) is 6.61 Å². The van der Waals surface area contributed by atoms with Gasteiger partial charge in [0.25, 0.3) is 0 Å². The summed E-state index contributed by atoms with van der Waals surface area (Å²) in [6.07, 6.45) is 2.31. The Balaban J connectivity index is 1.85. The number of nitrogens with zero attached hydrogens (tertiary/aromatic N) is 1. The highest BCUT2D eigenvalue weighted by Gasteiger charge is 2.27. The third-order valence-electron chi connectivity index (χ3n) is 4.56. The quantitative estimate of drug-likeness (QED) is 0.877. The standard InChI is InChI=1S/C17H27FN2O/c1-13(2)20-9-7-14(8-10-20)15(11-19)12-21-17-6-4-3-5-16(17)18/h3-6,13-15H,7-12,19H2,1-2H3. The van der Waals surface area contributed by atoms with Crippen molar-refractivity contribution in [3.05, 3.63) is 30.1 Å². The number of nitrogens with two attached hydrogens (primary N) is 1. The number of piperidine rings is 1. The van der Waals surface area contributed by atoms with E-state index >= 15 is 0 Å². The Morgan fingerprint density at radius 2 is 1.95 bits per heavy atom. The Morgan fingerprint density at radius 3 is 2.52 bits per heavy atom. The number of ether oxygens (including phenoxy) is 1. The molecule has 0 aliphatic carbocycles. The lowest BCUT2D eigenvalue weighted by atomic mass is 9.84. The van der Waals surface area contributed by atoms with Crippen LogP contribution in [0.3, 0.4) is 0 Å². The van der Waals surface area contributed by atoms with Gasteiger partial charge in [-0.15, -0.1) is 0 Å². The van der Waals surface area contributed by atoms with E-state index in [1.165, 1.54) is 6.07 Å². The third kappa shape index (κ3) is 4.42. The van der Waals surface area contributed by atoms with Crippen molar-refractivity contribution in [2.45, 2.75) is 32.7 Å². The summed E-state index contributed by atoms with van der Waals surface area (Å²) in [7, 11) is 0. The van der Waals surface area contributed by atoms with Crippen molar-refractivity contribution < 1.29 is 9.13 Å². The van der Waals surface area contributed by atoms with Gasteiger partial charge in [0.15, 0.2) is 11.6 Å². The molecular weight excluding hydrogens is 267 g/mol. The van der Waals surface area contributed by atoms with E-state index in [0.717, 1.165) is 25.9 Å². The molecule has 1 saturated heterocycles. The number of para-hydroxylation sites is 1. The number of benzene rings is 1. The zero-order chi connectivity index (χ0) is 15.2. The average Bonchev–Trinajstić information content (AvgIpc) is 2.50. The van der Waals surface area contributed by atoms with Crippen LogP contribution in [0.5, 0.6) is 5.75 Å². The minimum Gasteiger partial charge on any atom is -0.490 e. The van der Waals surface area contributed by atoms with Crippen LogP contribution in [0.1, 0.15) is 26.7 Å². The van der Waals surface area contributed by atoms with E-state index in [1.54, 1.807) is 18.2 Å². The van der Waals surface area contributed by atoms with Crippen LogP contribution in [0.2, 0.25) is 0 Å². The van der Waals surface area contributed by atoms with Gasteiger partial charge < -0.3 is 15.4 Å². The second kappa shape index (κ2) is 7.76. The molecule has 1 atom stereocenters. The maximum Gasteiger partial charge on any atom is 0.165 e. The SMILES string of the molecule is CC(C)N1CCC(C(CN)COc2ccccc2F)CC1. The Bertz CT molecular complexity index is 431. The molecular formula is C17H27FN2O. The molecule has 1 aromatic rings. The van der Waals surface area contributed by atoms with Crippen molar-refractivity contribution in [1.82, 2.24) is 4.90 Å². The summed E-state index contributed by atoms with van der Waals surface area (Å²) < 4.78 is 19.2. The fourth-order valence-electron chi connectivity index (χ4n) is 3.06. The van der Waals surface area contributed by atoms with Crippen molar-refractivity contribution in [2.75, 3.05) is 26.2 Å². The summed E-state index contributed by atoms with van der Waals surface area (Å²) in [6, 6.07) is 7.16. The topological polar surface area (TPSA) is 38.5 Å². The highest BCUT2D eigenvalue weighted by Crippen LogP contribution is 2.27. The van der Waals surface area contributed by atoms with Crippen molar-refractivity contribution in [1.29, 1.82) is 0 Å². The molecule has 2 N–H and O–H groups in total. The molecule has 1 aromatic carbocycles.